The van der Waals surface area contributed by atoms with E-state index in [9.17, 15) is 20.0 Å². The van der Waals surface area contributed by atoms with Crippen molar-refractivity contribution in [2.45, 2.75) is 0 Å². The number of fused-ring (bicyclic) bond motifs is 1. The zero-order chi connectivity index (χ0) is 17.8. The van der Waals surface area contributed by atoms with Gasteiger partial charge in [0.25, 0.3) is 11.6 Å². The van der Waals surface area contributed by atoms with Crippen LogP contribution >= 0.6 is 0 Å². The Hall–Kier alpha value is -3.67. The van der Waals surface area contributed by atoms with E-state index in [0.717, 1.165) is 10.8 Å². The van der Waals surface area contributed by atoms with E-state index < -0.39 is 10.8 Å². The molecule has 0 aliphatic heterocycles. The van der Waals surface area contributed by atoms with Crippen molar-refractivity contribution in [1.29, 1.82) is 0 Å². The molecule has 25 heavy (non-hydrogen) atoms. The Kier molecular flexibility index (Phi) is 4.43. The maximum Gasteiger partial charge on any atom is 0.276 e. The molecule has 0 aliphatic carbocycles. The number of benzene rings is 3. The van der Waals surface area contributed by atoms with Gasteiger partial charge in [0.2, 0.25) is 0 Å². The zero-order valence-corrected chi connectivity index (χ0v) is 13.0. The van der Waals surface area contributed by atoms with Crippen molar-refractivity contribution in [3.63, 3.8) is 0 Å². The van der Waals surface area contributed by atoms with Gasteiger partial charge in [-0.25, -0.2) is 0 Å². The van der Waals surface area contributed by atoms with E-state index in [2.05, 4.69) is 5.32 Å². The summed E-state index contributed by atoms with van der Waals surface area (Å²) in [6.45, 7) is 0. The summed E-state index contributed by atoms with van der Waals surface area (Å²) in [5, 5.41) is 25.2. The number of nitrogens with one attached hydrogen (secondary N) is 1. The lowest BCUT2D eigenvalue weighted by atomic mass is 10.1. The van der Waals surface area contributed by atoms with Crippen LogP contribution < -0.4 is 5.32 Å². The Balaban J connectivity index is 1.81. The standard InChI is InChI=1S/C19H14N2O4/c22-18-12-15-7-2-1-6-14(15)11-16(18)19(23)20-10-9-13-5-3-4-8-17(13)21(24)25/h1-12,22H,(H,20,23). The van der Waals surface area contributed by atoms with Gasteiger partial charge in [-0.1, -0.05) is 36.4 Å². The molecule has 3 aromatic carbocycles. The molecule has 0 spiro atoms. The van der Waals surface area contributed by atoms with E-state index in [0.29, 0.717) is 5.56 Å². The first-order valence-electron chi connectivity index (χ1n) is 7.49. The monoisotopic (exact) mass is 334 g/mol. The number of amides is 1. The smallest absolute Gasteiger partial charge is 0.276 e. The number of carbonyl (C=O) groups excluding carboxylic acids is 1. The van der Waals surface area contributed by atoms with Crippen LogP contribution in [0.4, 0.5) is 5.69 Å². The molecule has 0 heterocycles. The molecular formula is C19H14N2O4. The fraction of sp³-hybridized carbons (Fsp3) is 0. The zero-order valence-electron chi connectivity index (χ0n) is 13.0. The Morgan fingerprint density at radius 2 is 1.68 bits per heavy atom. The van der Waals surface area contributed by atoms with Crippen LogP contribution in [0, 0.1) is 10.1 Å². The molecule has 3 rings (SSSR count). The van der Waals surface area contributed by atoms with Crippen molar-refractivity contribution in [2.24, 2.45) is 0 Å². The molecule has 0 saturated carbocycles. The maximum absolute atomic E-state index is 12.3. The predicted octanol–water partition coefficient (Wildman–Crippen LogP) is 3.85. The maximum atomic E-state index is 12.3. The van der Waals surface area contributed by atoms with Gasteiger partial charge in [-0.3, -0.25) is 14.9 Å². The molecule has 0 aromatic heterocycles. The normalized spacial score (nSPS) is 10.9. The summed E-state index contributed by atoms with van der Waals surface area (Å²) in [7, 11) is 0. The molecule has 6 heteroatoms. The Morgan fingerprint density at radius 1 is 1.04 bits per heavy atom. The van der Waals surface area contributed by atoms with Crippen molar-refractivity contribution in [1.82, 2.24) is 5.32 Å². The first kappa shape index (κ1) is 16.2. The predicted molar refractivity (Wildman–Crippen MR) is 95.2 cm³/mol. The van der Waals surface area contributed by atoms with E-state index in [1.54, 1.807) is 24.3 Å². The van der Waals surface area contributed by atoms with E-state index in [4.69, 9.17) is 0 Å². The number of phenols is 1. The minimum atomic E-state index is -0.502. The second-order valence-corrected chi connectivity index (χ2v) is 5.34. The molecule has 2 N–H and O–H groups in total. The minimum absolute atomic E-state index is 0.0541. The van der Waals surface area contributed by atoms with E-state index in [1.807, 2.05) is 24.3 Å². The van der Waals surface area contributed by atoms with Crippen LogP contribution in [0.5, 0.6) is 5.75 Å². The lowest BCUT2D eigenvalue weighted by molar-refractivity contribution is -0.385. The third-order valence-corrected chi connectivity index (χ3v) is 3.72. The van der Waals surface area contributed by atoms with Gasteiger partial charge in [0.15, 0.2) is 0 Å². The van der Waals surface area contributed by atoms with Gasteiger partial charge in [-0.2, -0.15) is 0 Å². The molecule has 3 aromatic rings. The topological polar surface area (TPSA) is 92.5 Å². The van der Waals surface area contributed by atoms with Crippen molar-refractivity contribution in [3.8, 4) is 5.75 Å². The summed E-state index contributed by atoms with van der Waals surface area (Å²) in [5.74, 6) is -0.631. The molecule has 1 amide bonds. The first-order valence-corrected chi connectivity index (χ1v) is 7.49. The lowest BCUT2D eigenvalue weighted by Gasteiger charge is -2.06. The van der Waals surface area contributed by atoms with Gasteiger partial charge in [-0.15, -0.1) is 0 Å². The average Bonchev–Trinajstić information content (AvgIpc) is 2.61. The fourth-order valence-corrected chi connectivity index (χ4v) is 2.49. The minimum Gasteiger partial charge on any atom is -0.507 e. The number of phenolic OH excluding ortho intramolecular Hbond substituents is 1. The number of hydrogen-bond acceptors (Lipinski definition) is 4. The molecule has 0 fully saturated rings. The van der Waals surface area contributed by atoms with E-state index in [-0.39, 0.29) is 17.0 Å². The van der Waals surface area contributed by atoms with Crippen LogP contribution in [0.15, 0.2) is 66.9 Å². The van der Waals surface area contributed by atoms with Crippen LogP contribution in [-0.4, -0.2) is 15.9 Å². The van der Waals surface area contributed by atoms with Crippen LogP contribution in [0.25, 0.3) is 16.8 Å². The molecule has 0 saturated heterocycles. The number of carbonyl (C=O) groups is 1. The Labute approximate surface area is 143 Å². The Bertz CT molecular complexity index is 996. The summed E-state index contributed by atoms with van der Waals surface area (Å²) in [4.78, 5) is 22.7. The molecule has 0 unspecified atom stereocenters. The van der Waals surface area contributed by atoms with Gasteiger partial charge in [-0.05, 0) is 35.0 Å². The van der Waals surface area contributed by atoms with Crippen LogP contribution in [0.1, 0.15) is 15.9 Å². The van der Waals surface area contributed by atoms with Crippen molar-refractivity contribution in [2.75, 3.05) is 0 Å². The molecule has 124 valence electrons. The third-order valence-electron chi connectivity index (χ3n) is 3.72. The summed E-state index contributed by atoms with van der Waals surface area (Å²) >= 11 is 0. The fourth-order valence-electron chi connectivity index (χ4n) is 2.49. The second-order valence-electron chi connectivity index (χ2n) is 5.34. The van der Waals surface area contributed by atoms with Crippen molar-refractivity contribution >= 4 is 28.4 Å². The SMILES string of the molecule is O=C(NC=Cc1ccccc1[N+](=O)[O-])c1cc2ccccc2cc1O. The van der Waals surface area contributed by atoms with Crippen LogP contribution in [-0.2, 0) is 0 Å². The quantitative estimate of drug-likeness (QED) is 0.560. The molecule has 0 radical (unpaired) electrons. The van der Waals surface area contributed by atoms with Gasteiger partial charge >= 0.3 is 0 Å². The van der Waals surface area contributed by atoms with E-state index >= 15 is 0 Å². The summed E-state index contributed by atoms with van der Waals surface area (Å²) < 4.78 is 0. The van der Waals surface area contributed by atoms with E-state index in [1.165, 1.54) is 24.4 Å². The lowest BCUT2D eigenvalue weighted by Crippen LogP contribution is -2.17. The summed E-state index contributed by atoms with van der Waals surface area (Å²) in [6, 6.07) is 16.7. The van der Waals surface area contributed by atoms with Gasteiger partial charge in [0, 0.05) is 12.3 Å². The number of para-hydroxylation sites is 1. The Morgan fingerprint density at radius 3 is 2.40 bits per heavy atom. The number of nitro benzene ring substituents is 1. The first-order chi connectivity index (χ1) is 12.1. The number of rotatable bonds is 4. The molecule has 0 atom stereocenters. The van der Waals surface area contributed by atoms with Crippen LogP contribution in [0.3, 0.4) is 0 Å². The number of nitro groups is 1. The number of nitrogens with zero attached hydrogens (tertiary/aromatic N) is 1. The van der Waals surface area contributed by atoms with Gasteiger partial charge < -0.3 is 10.4 Å². The third kappa shape index (κ3) is 3.48. The van der Waals surface area contributed by atoms with Gasteiger partial charge in [0.1, 0.15) is 5.75 Å². The van der Waals surface area contributed by atoms with Gasteiger partial charge in [0.05, 0.1) is 16.1 Å². The summed E-state index contributed by atoms with van der Waals surface area (Å²) in [6.07, 6.45) is 2.76. The molecule has 0 bridgehead atoms. The number of aromatic hydroxyl groups is 1. The van der Waals surface area contributed by atoms with Crippen LogP contribution in [0.2, 0.25) is 0 Å². The molecular weight excluding hydrogens is 320 g/mol. The molecule has 0 aliphatic rings. The highest BCUT2D eigenvalue weighted by Crippen LogP contribution is 2.25. The highest BCUT2D eigenvalue weighted by Gasteiger charge is 2.12. The van der Waals surface area contributed by atoms with Crippen molar-refractivity contribution in [3.05, 3.63) is 88.1 Å². The largest absolute Gasteiger partial charge is 0.507 e. The second kappa shape index (κ2) is 6.84. The summed E-state index contributed by atoms with van der Waals surface area (Å²) in [5.41, 5.74) is 0.447. The van der Waals surface area contributed by atoms with Crippen molar-refractivity contribution < 1.29 is 14.8 Å². The average molecular weight is 334 g/mol. The highest BCUT2D eigenvalue weighted by atomic mass is 16.6. The molecule has 6 nitrogen and oxygen atoms in total. The highest BCUT2D eigenvalue weighted by molar-refractivity contribution is 6.02. The number of hydrogen-bond donors (Lipinski definition) is 2.